The Kier molecular flexibility index (Phi) is 4.40. The molecule has 5 heterocycles. The van der Waals surface area contributed by atoms with E-state index in [0.717, 1.165) is 5.57 Å². The molecule has 0 amide bonds. The number of pyridine rings is 1. The van der Waals surface area contributed by atoms with Crippen LogP contribution in [0, 0.1) is 11.8 Å². The average molecular weight is 483 g/mol. The van der Waals surface area contributed by atoms with E-state index in [-0.39, 0.29) is 11.7 Å². The molecule has 7 rings (SSSR count). The zero-order chi connectivity index (χ0) is 24.4. The van der Waals surface area contributed by atoms with Gasteiger partial charge in [-0.25, -0.2) is 19.4 Å². The van der Waals surface area contributed by atoms with E-state index in [9.17, 15) is 4.39 Å². The molecule has 7 nitrogen and oxygen atoms in total. The maximum Gasteiger partial charge on any atom is 0.220 e. The standard InChI is InChI=1S/C27H19F2N5O2/c28-21-14-17(15-5-10-35-11-6-15)13-20-23(21)36-22-4-3-16(18-2-1-7-31-24(18)29)12-19(22)27(20)25-32-8-9-34(25)26(30)33-27/h1-5,7-9,12-14H,6,10-11H2,(H2,30,33). The van der Waals surface area contributed by atoms with Gasteiger partial charge < -0.3 is 15.2 Å². The summed E-state index contributed by atoms with van der Waals surface area (Å²) in [7, 11) is 0. The van der Waals surface area contributed by atoms with Crippen LogP contribution in [0.3, 0.4) is 0 Å². The number of fused-ring (bicyclic) bond motifs is 6. The molecule has 0 saturated carbocycles. The molecule has 0 fully saturated rings. The molecular weight excluding hydrogens is 464 g/mol. The Balaban J connectivity index is 1.53. The molecule has 178 valence electrons. The lowest BCUT2D eigenvalue weighted by molar-refractivity contribution is 0.161. The molecular formula is C27H19F2N5O2. The maximum atomic E-state index is 15.7. The van der Waals surface area contributed by atoms with E-state index in [0.29, 0.717) is 59.0 Å². The summed E-state index contributed by atoms with van der Waals surface area (Å²) in [5.74, 6) is 0.0654. The average Bonchev–Trinajstić information content (AvgIpc) is 3.49. The van der Waals surface area contributed by atoms with Crippen LogP contribution < -0.4 is 10.5 Å². The van der Waals surface area contributed by atoms with Gasteiger partial charge in [0.05, 0.1) is 13.2 Å². The Bertz CT molecular complexity index is 1630. The zero-order valence-corrected chi connectivity index (χ0v) is 18.9. The highest BCUT2D eigenvalue weighted by molar-refractivity contribution is 5.87. The fourth-order valence-electron chi connectivity index (χ4n) is 5.26. The normalized spacial score (nSPS) is 19.7. The van der Waals surface area contributed by atoms with Crippen LogP contribution in [0.2, 0.25) is 0 Å². The highest BCUT2D eigenvalue weighted by atomic mass is 19.1. The van der Waals surface area contributed by atoms with Gasteiger partial charge in [0.1, 0.15) is 5.75 Å². The van der Waals surface area contributed by atoms with Crippen molar-refractivity contribution in [1.29, 1.82) is 0 Å². The number of hydrogen-bond donors (Lipinski definition) is 1. The summed E-state index contributed by atoms with van der Waals surface area (Å²) in [4.78, 5) is 13.2. The highest BCUT2D eigenvalue weighted by Crippen LogP contribution is 2.55. The lowest BCUT2D eigenvalue weighted by Crippen LogP contribution is -2.31. The third-order valence-electron chi connectivity index (χ3n) is 6.91. The van der Waals surface area contributed by atoms with E-state index in [4.69, 9.17) is 20.2 Å². The lowest BCUT2D eigenvalue weighted by atomic mass is 9.78. The fourth-order valence-corrected chi connectivity index (χ4v) is 5.26. The number of aliphatic imine (C=N–C) groups is 1. The smallest absolute Gasteiger partial charge is 0.220 e. The molecule has 0 bridgehead atoms. The predicted molar refractivity (Wildman–Crippen MR) is 129 cm³/mol. The van der Waals surface area contributed by atoms with Crippen molar-refractivity contribution in [1.82, 2.24) is 14.5 Å². The highest BCUT2D eigenvalue weighted by Gasteiger charge is 2.51. The van der Waals surface area contributed by atoms with Crippen LogP contribution >= 0.6 is 0 Å². The number of imidazole rings is 1. The molecule has 2 aromatic heterocycles. The van der Waals surface area contributed by atoms with Gasteiger partial charge >= 0.3 is 0 Å². The molecule has 0 saturated heterocycles. The monoisotopic (exact) mass is 483 g/mol. The number of rotatable bonds is 2. The van der Waals surface area contributed by atoms with Gasteiger partial charge in [0, 0.05) is 35.3 Å². The van der Waals surface area contributed by atoms with Gasteiger partial charge in [-0.15, -0.1) is 0 Å². The van der Waals surface area contributed by atoms with Crippen LogP contribution in [-0.4, -0.2) is 33.7 Å². The topological polar surface area (TPSA) is 87.6 Å². The summed E-state index contributed by atoms with van der Waals surface area (Å²) in [5.41, 5.74) is 8.72. The van der Waals surface area contributed by atoms with Gasteiger partial charge in [-0.2, -0.15) is 4.39 Å². The minimum Gasteiger partial charge on any atom is -0.453 e. The Morgan fingerprint density at radius 1 is 1.00 bits per heavy atom. The number of halogens is 2. The maximum absolute atomic E-state index is 15.7. The van der Waals surface area contributed by atoms with E-state index in [1.807, 2.05) is 12.1 Å². The molecule has 0 radical (unpaired) electrons. The Morgan fingerprint density at radius 2 is 1.89 bits per heavy atom. The summed E-state index contributed by atoms with van der Waals surface area (Å²) >= 11 is 0. The third kappa shape index (κ3) is 2.83. The second-order valence-corrected chi connectivity index (χ2v) is 8.85. The quantitative estimate of drug-likeness (QED) is 0.421. The first-order valence-corrected chi connectivity index (χ1v) is 11.5. The SMILES string of the molecule is NC1=NC2(c3cc(-c4cccnc4F)ccc3Oc3c(F)cc(C4=CCOCC4)cc32)c2nccn21. The number of nitrogens with zero attached hydrogens (tertiary/aromatic N) is 4. The Hall–Kier alpha value is -4.37. The second kappa shape index (κ2) is 7.56. The van der Waals surface area contributed by atoms with Crippen molar-refractivity contribution in [3.8, 4) is 22.6 Å². The first-order chi connectivity index (χ1) is 17.6. The van der Waals surface area contributed by atoms with Gasteiger partial charge in [-0.3, -0.25) is 4.57 Å². The molecule has 2 N–H and O–H groups in total. The molecule has 1 unspecified atom stereocenters. The summed E-state index contributed by atoms with van der Waals surface area (Å²) < 4.78 is 43.5. The van der Waals surface area contributed by atoms with Crippen LogP contribution in [0.25, 0.3) is 16.7 Å². The lowest BCUT2D eigenvalue weighted by Gasteiger charge is -2.35. The van der Waals surface area contributed by atoms with Gasteiger partial charge in [0.2, 0.25) is 11.9 Å². The van der Waals surface area contributed by atoms with Crippen LogP contribution in [0.5, 0.6) is 11.5 Å². The molecule has 9 heteroatoms. The van der Waals surface area contributed by atoms with Crippen LogP contribution in [0.4, 0.5) is 8.78 Å². The van der Waals surface area contributed by atoms with Crippen molar-refractivity contribution >= 4 is 11.5 Å². The predicted octanol–water partition coefficient (Wildman–Crippen LogP) is 4.60. The largest absolute Gasteiger partial charge is 0.453 e. The van der Waals surface area contributed by atoms with Crippen LogP contribution in [-0.2, 0) is 10.3 Å². The fraction of sp³-hybridized carbons (Fsp3) is 0.148. The molecule has 1 atom stereocenters. The number of aromatic nitrogens is 3. The first-order valence-electron chi connectivity index (χ1n) is 11.5. The van der Waals surface area contributed by atoms with Crippen molar-refractivity contribution in [3.63, 3.8) is 0 Å². The van der Waals surface area contributed by atoms with Crippen LogP contribution in [0.15, 0.2) is 72.1 Å². The van der Waals surface area contributed by atoms with E-state index in [2.05, 4.69) is 9.97 Å². The van der Waals surface area contributed by atoms with Gasteiger partial charge in [0.15, 0.2) is 22.9 Å². The molecule has 2 aromatic carbocycles. The summed E-state index contributed by atoms with van der Waals surface area (Å²) in [6.07, 6.45) is 7.34. The first kappa shape index (κ1) is 21.0. The van der Waals surface area contributed by atoms with E-state index >= 15 is 4.39 Å². The Morgan fingerprint density at radius 3 is 2.72 bits per heavy atom. The van der Waals surface area contributed by atoms with E-state index in [1.54, 1.807) is 47.3 Å². The minimum atomic E-state index is -1.28. The van der Waals surface area contributed by atoms with Gasteiger partial charge in [0.25, 0.3) is 0 Å². The van der Waals surface area contributed by atoms with Crippen molar-refractivity contribution < 1.29 is 18.3 Å². The number of hydrogen-bond acceptors (Lipinski definition) is 6. The number of nitrogens with two attached hydrogens (primary N) is 1. The van der Waals surface area contributed by atoms with Gasteiger partial charge in [-0.05, 0) is 59.5 Å². The molecule has 0 aliphatic carbocycles. The summed E-state index contributed by atoms with van der Waals surface area (Å²) in [6.45, 7) is 1.03. The van der Waals surface area contributed by atoms with E-state index < -0.39 is 17.3 Å². The Labute approximate surface area is 204 Å². The second-order valence-electron chi connectivity index (χ2n) is 8.85. The van der Waals surface area contributed by atoms with Crippen LogP contribution in [0.1, 0.15) is 28.9 Å². The minimum absolute atomic E-state index is 0.0622. The van der Waals surface area contributed by atoms with Gasteiger partial charge in [-0.1, -0.05) is 12.1 Å². The van der Waals surface area contributed by atoms with Crippen molar-refractivity contribution in [2.45, 2.75) is 12.0 Å². The molecule has 3 aliphatic rings. The summed E-state index contributed by atoms with van der Waals surface area (Å²) in [6, 6.07) is 11.9. The molecule has 4 aromatic rings. The third-order valence-corrected chi connectivity index (χ3v) is 6.91. The van der Waals surface area contributed by atoms with Crippen molar-refractivity contribution in [3.05, 3.63) is 101 Å². The van der Waals surface area contributed by atoms with E-state index in [1.165, 1.54) is 12.3 Å². The van der Waals surface area contributed by atoms with Crippen molar-refractivity contribution in [2.75, 3.05) is 13.2 Å². The molecule has 1 spiro atoms. The number of ether oxygens (including phenoxy) is 2. The summed E-state index contributed by atoms with van der Waals surface area (Å²) in [5, 5.41) is 0. The molecule has 36 heavy (non-hydrogen) atoms. The molecule has 3 aliphatic heterocycles. The van der Waals surface area contributed by atoms with Crippen molar-refractivity contribution in [2.24, 2.45) is 10.7 Å². The zero-order valence-electron chi connectivity index (χ0n) is 18.9. The number of benzene rings is 2.